The number of benzene rings is 3. The summed E-state index contributed by atoms with van der Waals surface area (Å²) in [7, 11) is 6.87. The van der Waals surface area contributed by atoms with Gasteiger partial charge in [-0.05, 0) is 0 Å². The van der Waals surface area contributed by atoms with Crippen LogP contribution in [0.3, 0.4) is 0 Å². The standard InChI is InChI=1S/C36H45O6Si.3ClH.Ti/c1-20-21(2)23(4)33(22(20)3)43(34-24(5)27(37-8)14-17-30(34)40-11,35-25(6)28(38-9)15-18-31(35)41-12)36-26(7)29(39-10)16-19-32(36)42-13;;;;/h14-19H,1-13H3;3*1H;/q;;;;+3/p-3. The van der Waals surface area contributed by atoms with Crippen molar-refractivity contribution >= 4 is 23.6 Å². The molecule has 0 N–H and O–H groups in total. The predicted octanol–water partition coefficient (Wildman–Crippen LogP) is -2.92. The van der Waals surface area contributed by atoms with E-state index >= 15 is 0 Å². The van der Waals surface area contributed by atoms with Crippen LogP contribution in [0.2, 0.25) is 3.34 Å². The van der Waals surface area contributed by atoms with Crippen LogP contribution in [-0.2, 0) is 20.4 Å². The van der Waals surface area contributed by atoms with E-state index in [4.69, 9.17) is 28.4 Å². The van der Waals surface area contributed by atoms with Crippen LogP contribution in [0.1, 0.15) is 44.4 Å². The minimum absolute atomic E-state index is 0. The molecule has 0 radical (unpaired) electrons. The quantitative estimate of drug-likeness (QED) is 0.164. The number of ether oxygens (including phenoxy) is 6. The number of hydrogen-bond acceptors (Lipinski definition) is 6. The van der Waals surface area contributed by atoms with Gasteiger partial charge in [0.1, 0.15) is 0 Å². The first-order valence-corrected chi connectivity index (χ1v) is 17.4. The molecule has 0 fully saturated rings. The Hall–Kier alpha value is -2.26. The molecule has 0 aromatic heterocycles. The molecule has 0 saturated carbocycles. The second-order valence-electron chi connectivity index (χ2n) is 11.4. The van der Waals surface area contributed by atoms with Crippen LogP contribution in [0.4, 0.5) is 0 Å². The molecule has 0 atom stereocenters. The molecule has 6 nitrogen and oxygen atoms in total. The minimum atomic E-state index is -3.53. The average molecular weight is 756 g/mol. The van der Waals surface area contributed by atoms with Gasteiger partial charge in [0.15, 0.2) is 0 Å². The summed E-state index contributed by atoms with van der Waals surface area (Å²) < 4.78 is 36.6. The first-order chi connectivity index (χ1) is 20.9. The second-order valence-corrected chi connectivity index (χ2v) is 17.1. The van der Waals surface area contributed by atoms with Gasteiger partial charge < -0.3 is 37.2 Å². The van der Waals surface area contributed by atoms with Crippen LogP contribution in [0, 0.1) is 20.8 Å². The zero-order valence-corrected chi connectivity index (χ0v) is 34.4. The summed E-state index contributed by atoms with van der Waals surface area (Å²) in [5.74, 6) is 4.72. The smallest absolute Gasteiger partial charge is 1.00 e. The fraction of sp³-hybridized carbons (Fsp3) is 0.389. The van der Waals surface area contributed by atoms with Gasteiger partial charge in [-0.1, -0.05) is 0 Å². The van der Waals surface area contributed by atoms with Crippen molar-refractivity contribution in [1.29, 1.82) is 0 Å². The normalized spacial score (nSPS) is 13.7. The molecule has 0 unspecified atom stereocenters. The van der Waals surface area contributed by atoms with E-state index in [1.165, 1.54) is 22.3 Å². The van der Waals surface area contributed by atoms with Crippen LogP contribution < -0.4 is 81.2 Å². The van der Waals surface area contributed by atoms with E-state index in [1.807, 2.05) is 36.4 Å². The molecule has 0 aliphatic heterocycles. The SMILES string of the molecule is COc1ccc(OC)c([Si](c2c(OC)ccc(OC)c2C)(c2c(OC)ccc(OC)c2C)[C]2([Ti+3])C(C)=C(C)C(C)=C2C)c1C.[Cl-].[Cl-].[Cl-]. The Morgan fingerprint density at radius 1 is 0.426 bits per heavy atom. The van der Waals surface area contributed by atoms with Gasteiger partial charge in [0.2, 0.25) is 0 Å². The molecule has 3 aromatic carbocycles. The van der Waals surface area contributed by atoms with E-state index in [-0.39, 0.29) is 37.2 Å². The van der Waals surface area contributed by atoms with Crippen molar-refractivity contribution in [2.45, 2.75) is 51.8 Å². The molecule has 254 valence electrons. The van der Waals surface area contributed by atoms with Gasteiger partial charge in [-0.2, -0.15) is 0 Å². The van der Waals surface area contributed by atoms with Gasteiger partial charge >= 0.3 is 277 Å². The van der Waals surface area contributed by atoms with Gasteiger partial charge in [0.05, 0.1) is 0 Å². The van der Waals surface area contributed by atoms with Gasteiger partial charge in [-0.15, -0.1) is 0 Å². The number of halogens is 3. The molecule has 1 aliphatic rings. The van der Waals surface area contributed by atoms with E-state index in [2.05, 4.69) is 68.9 Å². The molecule has 0 spiro atoms. The summed E-state index contributed by atoms with van der Waals surface area (Å²) >= 11 is 2.40. The van der Waals surface area contributed by atoms with Crippen molar-refractivity contribution in [3.63, 3.8) is 0 Å². The van der Waals surface area contributed by atoms with E-state index in [0.717, 1.165) is 66.7 Å². The maximum absolute atomic E-state index is 6.35. The average Bonchev–Trinajstić information content (AvgIpc) is 3.18. The van der Waals surface area contributed by atoms with Crippen LogP contribution in [0.5, 0.6) is 34.5 Å². The van der Waals surface area contributed by atoms with E-state index in [1.54, 1.807) is 42.7 Å². The van der Waals surface area contributed by atoms with Crippen LogP contribution in [0.25, 0.3) is 0 Å². The Balaban J connectivity index is 0.00000368. The summed E-state index contributed by atoms with van der Waals surface area (Å²) in [6.07, 6.45) is 0. The topological polar surface area (TPSA) is 55.4 Å². The van der Waals surface area contributed by atoms with Crippen molar-refractivity contribution in [3.05, 3.63) is 75.4 Å². The van der Waals surface area contributed by atoms with Gasteiger partial charge in [-0.3, -0.25) is 0 Å². The van der Waals surface area contributed by atoms with Gasteiger partial charge in [0.25, 0.3) is 0 Å². The Labute approximate surface area is 312 Å². The van der Waals surface area contributed by atoms with Crippen molar-refractivity contribution in [3.8, 4) is 34.5 Å². The van der Waals surface area contributed by atoms with Crippen LogP contribution in [-0.4, -0.2) is 50.7 Å². The molecule has 47 heavy (non-hydrogen) atoms. The number of methoxy groups -OCH3 is 6. The third-order valence-corrected chi connectivity index (χ3v) is 18.9. The largest absolute Gasteiger partial charge is 1.00 e. The molecule has 0 heterocycles. The maximum atomic E-state index is 6.35. The minimum Gasteiger partial charge on any atom is -1.00 e. The van der Waals surface area contributed by atoms with Crippen molar-refractivity contribution in [2.24, 2.45) is 0 Å². The molecule has 0 saturated heterocycles. The van der Waals surface area contributed by atoms with E-state index in [0.29, 0.717) is 0 Å². The summed E-state index contributed by atoms with van der Waals surface area (Å²) in [6.45, 7) is 15.4. The molecule has 0 bridgehead atoms. The summed E-state index contributed by atoms with van der Waals surface area (Å²) in [5.41, 5.74) is 8.22. The number of rotatable bonds is 10. The third kappa shape index (κ3) is 6.10. The number of allylic oxidation sites excluding steroid dienone is 4. The molecule has 1 aliphatic carbocycles. The van der Waals surface area contributed by atoms with E-state index < -0.39 is 11.4 Å². The van der Waals surface area contributed by atoms with Gasteiger partial charge in [-0.25, -0.2) is 0 Å². The van der Waals surface area contributed by atoms with Crippen LogP contribution in [0.15, 0.2) is 58.7 Å². The summed E-state index contributed by atoms with van der Waals surface area (Å²) in [5, 5.41) is 3.27. The summed E-state index contributed by atoms with van der Waals surface area (Å²) in [6, 6.07) is 12.1. The Morgan fingerprint density at radius 2 is 0.638 bits per heavy atom. The molecule has 4 rings (SSSR count). The fourth-order valence-electron chi connectivity index (χ4n) is 7.48. The van der Waals surface area contributed by atoms with Gasteiger partial charge in [0, 0.05) is 0 Å². The first kappa shape index (κ1) is 42.8. The van der Waals surface area contributed by atoms with Crippen LogP contribution >= 0.6 is 0 Å². The monoisotopic (exact) mass is 754 g/mol. The zero-order chi connectivity index (χ0) is 32.7. The molecular weight excluding hydrogens is 711 g/mol. The van der Waals surface area contributed by atoms with Crippen molar-refractivity contribution in [2.75, 3.05) is 42.7 Å². The Morgan fingerprint density at radius 3 is 0.851 bits per heavy atom. The zero-order valence-electron chi connectivity index (χ0n) is 29.5. The van der Waals surface area contributed by atoms with E-state index in [9.17, 15) is 0 Å². The predicted molar refractivity (Wildman–Crippen MR) is 177 cm³/mol. The summed E-state index contributed by atoms with van der Waals surface area (Å²) in [4.78, 5) is 0. The second kappa shape index (κ2) is 16.4. The van der Waals surface area contributed by atoms with Crippen molar-refractivity contribution < 1.29 is 86.1 Å². The number of hydrogen-bond donors (Lipinski definition) is 0. The van der Waals surface area contributed by atoms with Crippen molar-refractivity contribution in [1.82, 2.24) is 0 Å². The maximum Gasteiger partial charge on any atom is -1.00 e. The molecule has 11 heteroatoms. The fourth-order valence-corrected chi connectivity index (χ4v) is 16.9. The molecule has 0 amide bonds. The molecule has 3 aromatic rings. The Bertz CT molecular complexity index is 1510. The first-order valence-electron chi connectivity index (χ1n) is 14.7. The third-order valence-electron chi connectivity index (χ3n) is 9.95. The molecular formula is C36H45Cl3O6SiTi. The Kier molecular flexibility index (Phi) is 14.9.